The van der Waals surface area contributed by atoms with Crippen molar-refractivity contribution in [1.29, 1.82) is 5.26 Å². The number of benzene rings is 1. The summed E-state index contributed by atoms with van der Waals surface area (Å²) in [7, 11) is 0. The molecule has 0 aliphatic rings. The molecule has 0 spiro atoms. The van der Waals surface area contributed by atoms with E-state index in [9.17, 15) is 14.9 Å². The number of hydrogen-bond donors (Lipinski definition) is 1. The quantitative estimate of drug-likeness (QED) is 0.681. The van der Waals surface area contributed by atoms with Crippen LogP contribution in [0.4, 0.5) is 5.69 Å². The molecule has 2 rings (SSSR count). The van der Waals surface area contributed by atoms with E-state index in [1.807, 2.05) is 6.07 Å². The average molecular weight is 301 g/mol. The van der Waals surface area contributed by atoms with Crippen molar-refractivity contribution in [2.45, 2.75) is 9.79 Å². The highest BCUT2D eigenvalue weighted by atomic mass is 32.2. The van der Waals surface area contributed by atoms with Gasteiger partial charge in [0.1, 0.15) is 5.69 Å². The summed E-state index contributed by atoms with van der Waals surface area (Å²) in [6, 6.07) is 8.76. The first kappa shape index (κ1) is 14.5. The fourth-order valence-corrected chi connectivity index (χ4v) is 2.52. The highest BCUT2D eigenvalue weighted by Crippen LogP contribution is 2.35. The van der Waals surface area contributed by atoms with Gasteiger partial charge in [0, 0.05) is 17.2 Å². The van der Waals surface area contributed by atoms with Crippen molar-refractivity contribution in [2.24, 2.45) is 0 Å². The van der Waals surface area contributed by atoms with Crippen molar-refractivity contribution in [3.8, 4) is 6.07 Å². The van der Waals surface area contributed by atoms with E-state index >= 15 is 0 Å². The molecule has 0 unspecified atom stereocenters. The van der Waals surface area contributed by atoms with Crippen molar-refractivity contribution in [3.05, 3.63) is 57.9 Å². The Kier molecular flexibility index (Phi) is 4.15. The maximum absolute atomic E-state index is 11.0. The number of hydrogen-bond acceptors (Lipinski definition) is 6. The fraction of sp³-hybridized carbons (Fsp3) is 0. The van der Waals surface area contributed by atoms with Crippen LogP contribution < -0.4 is 0 Å². The molecule has 0 amide bonds. The molecular formula is C13H7N3O4S. The first-order valence-electron chi connectivity index (χ1n) is 5.57. The van der Waals surface area contributed by atoms with Gasteiger partial charge in [0.05, 0.1) is 21.5 Å². The van der Waals surface area contributed by atoms with Crippen LogP contribution in [0.15, 0.2) is 46.3 Å². The molecule has 2 aromatic rings. The predicted octanol–water partition coefficient (Wildman–Crippen LogP) is 2.71. The summed E-state index contributed by atoms with van der Waals surface area (Å²) in [6.45, 7) is 0. The lowest BCUT2D eigenvalue weighted by Crippen LogP contribution is -1.99. The first-order chi connectivity index (χ1) is 10.0. The standard InChI is InChI=1S/C13H7N3O4S/c14-7-8-1-2-11(16(19)20)12(5-8)21-9-3-4-15-10(6-9)13(17)18/h1-6H,(H,17,18). The number of aromatic nitrogens is 1. The number of pyridine rings is 1. The molecule has 0 aliphatic heterocycles. The van der Waals surface area contributed by atoms with Gasteiger partial charge >= 0.3 is 5.97 Å². The Balaban J connectivity index is 2.43. The maximum Gasteiger partial charge on any atom is 0.354 e. The Hall–Kier alpha value is -2.92. The first-order valence-corrected chi connectivity index (χ1v) is 6.38. The minimum atomic E-state index is -1.18. The number of aromatic carboxylic acids is 1. The van der Waals surface area contributed by atoms with Crippen LogP contribution in [-0.4, -0.2) is 21.0 Å². The van der Waals surface area contributed by atoms with Gasteiger partial charge in [-0.25, -0.2) is 9.78 Å². The molecule has 1 aromatic carbocycles. The third-order valence-electron chi connectivity index (χ3n) is 2.46. The van der Waals surface area contributed by atoms with Crippen LogP contribution in [-0.2, 0) is 0 Å². The summed E-state index contributed by atoms with van der Waals surface area (Å²) in [5.74, 6) is -1.18. The van der Waals surface area contributed by atoms with Gasteiger partial charge in [-0.05, 0) is 24.3 Å². The van der Waals surface area contributed by atoms with Crippen LogP contribution in [0.25, 0.3) is 0 Å². The van der Waals surface area contributed by atoms with Gasteiger partial charge in [0.15, 0.2) is 0 Å². The number of carbonyl (C=O) groups is 1. The molecule has 0 aliphatic carbocycles. The van der Waals surface area contributed by atoms with Crippen LogP contribution in [0.5, 0.6) is 0 Å². The maximum atomic E-state index is 11.0. The van der Waals surface area contributed by atoms with E-state index < -0.39 is 10.9 Å². The molecule has 8 heteroatoms. The Morgan fingerprint density at radius 2 is 2.14 bits per heavy atom. The van der Waals surface area contributed by atoms with E-state index in [2.05, 4.69) is 4.98 Å². The topological polar surface area (TPSA) is 117 Å². The molecule has 0 saturated heterocycles. The summed E-state index contributed by atoms with van der Waals surface area (Å²) < 4.78 is 0. The molecule has 7 nitrogen and oxygen atoms in total. The largest absolute Gasteiger partial charge is 0.477 e. The Morgan fingerprint density at radius 3 is 2.76 bits per heavy atom. The molecule has 0 atom stereocenters. The van der Waals surface area contributed by atoms with Crippen LogP contribution in [0.2, 0.25) is 0 Å². The van der Waals surface area contributed by atoms with Gasteiger partial charge in [0.25, 0.3) is 5.69 Å². The SMILES string of the molecule is N#Cc1ccc([N+](=O)[O-])c(Sc2ccnc(C(=O)O)c2)c1. The Labute approximate surface area is 123 Å². The summed E-state index contributed by atoms with van der Waals surface area (Å²) in [5, 5.41) is 28.7. The summed E-state index contributed by atoms with van der Waals surface area (Å²) in [6.07, 6.45) is 1.31. The highest BCUT2D eigenvalue weighted by Gasteiger charge is 2.16. The Morgan fingerprint density at radius 1 is 1.38 bits per heavy atom. The molecule has 1 N–H and O–H groups in total. The van der Waals surface area contributed by atoms with Crippen LogP contribution in [0, 0.1) is 21.4 Å². The molecular weight excluding hydrogens is 294 g/mol. The average Bonchev–Trinajstić information content (AvgIpc) is 2.47. The minimum Gasteiger partial charge on any atom is -0.477 e. The summed E-state index contributed by atoms with van der Waals surface area (Å²) >= 11 is 1.01. The van der Waals surface area contributed by atoms with Gasteiger partial charge in [-0.2, -0.15) is 5.26 Å². The van der Waals surface area contributed by atoms with E-state index in [4.69, 9.17) is 10.4 Å². The third kappa shape index (κ3) is 3.34. The zero-order chi connectivity index (χ0) is 15.4. The smallest absolute Gasteiger partial charge is 0.354 e. The molecule has 1 heterocycles. The zero-order valence-corrected chi connectivity index (χ0v) is 11.2. The van der Waals surface area contributed by atoms with E-state index in [-0.39, 0.29) is 21.8 Å². The molecule has 104 valence electrons. The number of carboxylic acids is 1. The van der Waals surface area contributed by atoms with Crippen molar-refractivity contribution in [1.82, 2.24) is 4.98 Å². The van der Waals surface area contributed by atoms with Gasteiger partial charge in [-0.3, -0.25) is 10.1 Å². The lowest BCUT2D eigenvalue weighted by molar-refractivity contribution is -0.387. The van der Waals surface area contributed by atoms with Crippen molar-refractivity contribution in [3.63, 3.8) is 0 Å². The lowest BCUT2D eigenvalue weighted by atomic mass is 10.2. The number of nitriles is 1. The zero-order valence-electron chi connectivity index (χ0n) is 10.4. The van der Waals surface area contributed by atoms with Gasteiger partial charge in [-0.1, -0.05) is 11.8 Å². The number of rotatable bonds is 4. The van der Waals surface area contributed by atoms with E-state index in [1.54, 1.807) is 6.07 Å². The van der Waals surface area contributed by atoms with E-state index in [0.29, 0.717) is 4.90 Å². The second-order valence-electron chi connectivity index (χ2n) is 3.84. The van der Waals surface area contributed by atoms with Gasteiger partial charge < -0.3 is 5.11 Å². The molecule has 21 heavy (non-hydrogen) atoms. The number of carboxylic acid groups (broad SMARTS) is 1. The van der Waals surface area contributed by atoms with E-state index in [0.717, 1.165) is 11.8 Å². The monoisotopic (exact) mass is 301 g/mol. The van der Waals surface area contributed by atoms with Gasteiger partial charge in [0.2, 0.25) is 0 Å². The molecule has 0 bridgehead atoms. The molecule has 1 aromatic heterocycles. The number of nitro benzene ring substituents is 1. The second kappa shape index (κ2) is 6.02. The van der Waals surface area contributed by atoms with Crippen molar-refractivity contribution < 1.29 is 14.8 Å². The molecule has 0 radical (unpaired) electrons. The van der Waals surface area contributed by atoms with Crippen LogP contribution >= 0.6 is 11.8 Å². The summed E-state index contributed by atoms with van der Waals surface area (Å²) in [4.78, 5) is 25.7. The highest BCUT2D eigenvalue weighted by molar-refractivity contribution is 7.99. The number of nitro groups is 1. The summed E-state index contributed by atoms with van der Waals surface area (Å²) in [5.41, 5.74) is -0.0117. The number of nitrogens with zero attached hydrogens (tertiary/aromatic N) is 3. The predicted molar refractivity (Wildman–Crippen MR) is 73.1 cm³/mol. The van der Waals surface area contributed by atoms with Crippen molar-refractivity contribution in [2.75, 3.05) is 0 Å². The van der Waals surface area contributed by atoms with Crippen molar-refractivity contribution >= 4 is 23.4 Å². The van der Waals surface area contributed by atoms with Gasteiger partial charge in [-0.15, -0.1) is 0 Å². The van der Waals surface area contributed by atoms with Crippen LogP contribution in [0.3, 0.4) is 0 Å². The van der Waals surface area contributed by atoms with E-state index in [1.165, 1.54) is 30.5 Å². The molecule has 0 saturated carbocycles. The normalized spacial score (nSPS) is 9.86. The lowest BCUT2D eigenvalue weighted by Gasteiger charge is -2.04. The molecule has 0 fully saturated rings. The van der Waals surface area contributed by atoms with Crippen LogP contribution in [0.1, 0.15) is 16.1 Å². The third-order valence-corrected chi connectivity index (χ3v) is 3.50. The second-order valence-corrected chi connectivity index (χ2v) is 4.95. The fourth-order valence-electron chi connectivity index (χ4n) is 1.53. The minimum absolute atomic E-state index is 0.146. The Bertz CT molecular complexity index is 770.